The van der Waals surface area contributed by atoms with Crippen LogP contribution in [-0.2, 0) is 6.54 Å². The third-order valence-electron chi connectivity index (χ3n) is 3.04. The average Bonchev–Trinajstić information content (AvgIpc) is 2.48. The van der Waals surface area contributed by atoms with E-state index < -0.39 is 0 Å². The number of aliphatic hydroxyl groups excluding tert-OH is 1. The summed E-state index contributed by atoms with van der Waals surface area (Å²) >= 11 is 0. The summed E-state index contributed by atoms with van der Waals surface area (Å²) in [6.45, 7) is 0.113. The topological polar surface area (TPSA) is 23.5 Å². The van der Waals surface area contributed by atoms with Crippen LogP contribution in [0.4, 0.5) is 14.5 Å². The van der Waals surface area contributed by atoms with Crippen LogP contribution in [-0.4, -0.2) is 18.8 Å². The number of hydrogen-bond donors (Lipinski definition) is 1. The van der Waals surface area contributed by atoms with Crippen LogP contribution in [0.5, 0.6) is 0 Å². The Hall–Kier alpha value is -2.38. The molecule has 2 nitrogen and oxygen atoms in total. The number of benzene rings is 2. The highest BCUT2D eigenvalue weighted by molar-refractivity contribution is 5.46. The molecule has 108 valence electrons. The molecular formula is C17H15F2NO. The Morgan fingerprint density at radius 1 is 1.10 bits per heavy atom. The van der Waals surface area contributed by atoms with E-state index in [2.05, 4.69) is 11.8 Å². The summed E-state index contributed by atoms with van der Waals surface area (Å²) in [5.74, 6) is 4.48. The zero-order chi connectivity index (χ0) is 15.2. The van der Waals surface area contributed by atoms with Crippen LogP contribution < -0.4 is 4.90 Å². The molecule has 0 heterocycles. The highest BCUT2D eigenvalue weighted by Gasteiger charge is 2.07. The Balaban J connectivity index is 2.14. The quantitative estimate of drug-likeness (QED) is 0.877. The van der Waals surface area contributed by atoms with Gasteiger partial charge in [-0.3, -0.25) is 0 Å². The molecule has 0 spiro atoms. The SMILES string of the molecule is CN(Cc1ccc(C#CCO)cc1F)c1ccc(F)cc1. The second-order valence-electron chi connectivity index (χ2n) is 4.60. The summed E-state index contributed by atoms with van der Waals surface area (Å²) in [6.07, 6.45) is 0. The van der Waals surface area contributed by atoms with Crippen molar-refractivity contribution < 1.29 is 13.9 Å². The fourth-order valence-electron chi connectivity index (χ4n) is 1.94. The van der Waals surface area contributed by atoms with Crippen molar-refractivity contribution in [3.63, 3.8) is 0 Å². The molecule has 1 N–H and O–H groups in total. The molecule has 21 heavy (non-hydrogen) atoms. The number of rotatable bonds is 3. The lowest BCUT2D eigenvalue weighted by Gasteiger charge is -2.19. The van der Waals surface area contributed by atoms with Crippen LogP contribution in [0, 0.1) is 23.5 Å². The van der Waals surface area contributed by atoms with Gasteiger partial charge in [0.25, 0.3) is 0 Å². The van der Waals surface area contributed by atoms with Crippen molar-refractivity contribution in [3.8, 4) is 11.8 Å². The Morgan fingerprint density at radius 3 is 2.43 bits per heavy atom. The standard InChI is InChI=1S/C17H15F2NO/c1-20(16-8-6-15(18)7-9-16)12-14-5-4-13(3-2-10-21)11-17(14)19/h4-9,11,21H,10,12H2,1H3. The summed E-state index contributed by atoms with van der Waals surface area (Å²) in [5, 5.41) is 8.62. The van der Waals surface area contributed by atoms with Crippen LogP contribution >= 0.6 is 0 Å². The molecule has 0 saturated carbocycles. The molecule has 2 rings (SSSR count). The van der Waals surface area contributed by atoms with E-state index in [1.807, 2.05) is 11.9 Å². The van der Waals surface area contributed by atoms with Crippen molar-refractivity contribution in [2.45, 2.75) is 6.54 Å². The summed E-state index contributed by atoms with van der Waals surface area (Å²) < 4.78 is 26.9. The molecule has 0 fully saturated rings. The fourth-order valence-corrected chi connectivity index (χ4v) is 1.94. The Labute approximate surface area is 122 Å². The lowest BCUT2D eigenvalue weighted by atomic mass is 10.1. The molecule has 0 aromatic heterocycles. The summed E-state index contributed by atoms with van der Waals surface area (Å²) in [6, 6.07) is 10.8. The van der Waals surface area contributed by atoms with Gasteiger partial charge in [0.05, 0.1) is 0 Å². The van der Waals surface area contributed by atoms with E-state index in [1.165, 1.54) is 18.2 Å². The van der Waals surface area contributed by atoms with Crippen LogP contribution in [0.2, 0.25) is 0 Å². The monoisotopic (exact) mass is 287 g/mol. The Bertz CT molecular complexity index is 671. The number of anilines is 1. The van der Waals surface area contributed by atoms with Gasteiger partial charge in [-0.2, -0.15) is 0 Å². The minimum absolute atomic E-state index is 0.253. The van der Waals surface area contributed by atoms with E-state index >= 15 is 0 Å². The summed E-state index contributed by atoms with van der Waals surface area (Å²) in [4.78, 5) is 1.83. The zero-order valence-electron chi connectivity index (χ0n) is 11.6. The fraction of sp³-hybridized carbons (Fsp3) is 0.176. The van der Waals surface area contributed by atoms with Gasteiger partial charge in [0.2, 0.25) is 0 Å². The normalized spacial score (nSPS) is 9.90. The van der Waals surface area contributed by atoms with Crippen LogP contribution in [0.1, 0.15) is 11.1 Å². The predicted molar refractivity (Wildman–Crippen MR) is 78.9 cm³/mol. The molecule has 0 amide bonds. The molecule has 0 radical (unpaired) electrons. The molecule has 4 heteroatoms. The van der Waals surface area contributed by atoms with Gasteiger partial charge in [-0.1, -0.05) is 17.9 Å². The van der Waals surface area contributed by atoms with Gasteiger partial charge in [-0.25, -0.2) is 8.78 Å². The molecule has 0 unspecified atom stereocenters. The zero-order valence-corrected chi connectivity index (χ0v) is 11.6. The average molecular weight is 287 g/mol. The van der Waals surface area contributed by atoms with E-state index in [1.54, 1.807) is 24.3 Å². The van der Waals surface area contributed by atoms with Crippen molar-refractivity contribution in [3.05, 3.63) is 65.2 Å². The van der Waals surface area contributed by atoms with E-state index in [0.717, 1.165) is 5.69 Å². The number of nitrogens with zero attached hydrogens (tertiary/aromatic N) is 1. The third-order valence-corrected chi connectivity index (χ3v) is 3.04. The number of halogens is 2. The predicted octanol–water partition coefficient (Wildman–Crippen LogP) is 2.95. The first-order chi connectivity index (χ1) is 10.1. The Morgan fingerprint density at radius 2 is 1.81 bits per heavy atom. The highest BCUT2D eigenvalue weighted by Crippen LogP contribution is 2.18. The van der Waals surface area contributed by atoms with Crippen molar-refractivity contribution in [2.24, 2.45) is 0 Å². The van der Waals surface area contributed by atoms with Crippen molar-refractivity contribution >= 4 is 5.69 Å². The van der Waals surface area contributed by atoms with E-state index in [9.17, 15) is 8.78 Å². The number of aliphatic hydroxyl groups is 1. The molecule has 0 saturated heterocycles. The van der Waals surface area contributed by atoms with Gasteiger partial charge < -0.3 is 10.0 Å². The van der Waals surface area contributed by atoms with Crippen LogP contribution in [0.25, 0.3) is 0 Å². The third kappa shape index (κ3) is 4.04. The van der Waals surface area contributed by atoms with E-state index in [4.69, 9.17) is 5.11 Å². The van der Waals surface area contributed by atoms with Gasteiger partial charge in [0, 0.05) is 30.4 Å². The van der Waals surface area contributed by atoms with Gasteiger partial charge in [-0.15, -0.1) is 0 Å². The van der Waals surface area contributed by atoms with Gasteiger partial charge >= 0.3 is 0 Å². The van der Waals surface area contributed by atoms with Gasteiger partial charge in [0.1, 0.15) is 18.2 Å². The molecule has 0 atom stereocenters. The van der Waals surface area contributed by atoms with Crippen molar-refractivity contribution in [2.75, 3.05) is 18.6 Å². The highest BCUT2D eigenvalue weighted by atomic mass is 19.1. The maximum atomic E-state index is 14.0. The van der Waals surface area contributed by atoms with Gasteiger partial charge in [-0.05, 0) is 36.4 Å². The largest absolute Gasteiger partial charge is 0.384 e. The first-order valence-corrected chi connectivity index (χ1v) is 6.45. The van der Waals surface area contributed by atoms with Crippen LogP contribution in [0.15, 0.2) is 42.5 Å². The molecule has 0 aliphatic rings. The van der Waals surface area contributed by atoms with Crippen LogP contribution in [0.3, 0.4) is 0 Å². The second-order valence-corrected chi connectivity index (χ2v) is 4.60. The lowest BCUT2D eigenvalue weighted by molar-refractivity contribution is 0.350. The van der Waals surface area contributed by atoms with E-state index in [0.29, 0.717) is 17.7 Å². The first kappa shape index (κ1) is 15.0. The summed E-state index contributed by atoms with van der Waals surface area (Å²) in [5.41, 5.74) is 1.85. The van der Waals surface area contributed by atoms with E-state index in [-0.39, 0.29) is 18.2 Å². The molecule has 0 aliphatic heterocycles. The maximum Gasteiger partial charge on any atom is 0.129 e. The maximum absolute atomic E-state index is 14.0. The minimum Gasteiger partial charge on any atom is -0.384 e. The molecular weight excluding hydrogens is 272 g/mol. The smallest absolute Gasteiger partial charge is 0.129 e. The molecule has 2 aromatic rings. The van der Waals surface area contributed by atoms with Crippen molar-refractivity contribution in [1.29, 1.82) is 0 Å². The van der Waals surface area contributed by atoms with Gasteiger partial charge in [0.15, 0.2) is 0 Å². The van der Waals surface area contributed by atoms with Crippen molar-refractivity contribution in [1.82, 2.24) is 0 Å². The molecule has 0 bridgehead atoms. The number of hydrogen-bond acceptors (Lipinski definition) is 2. The summed E-state index contributed by atoms with van der Waals surface area (Å²) in [7, 11) is 1.81. The first-order valence-electron chi connectivity index (χ1n) is 6.45. The molecule has 2 aromatic carbocycles. The second kappa shape index (κ2) is 6.87. The Kier molecular flexibility index (Phi) is 4.91. The lowest BCUT2D eigenvalue weighted by Crippen LogP contribution is -2.17. The minimum atomic E-state index is -0.353. The molecule has 0 aliphatic carbocycles.